The van der Waals surface area contributed by atoms with Crippen molar-refractivity contribution >= 4 is 5.91 Å². The van der Waals surface area contributed by atoms with E-state index >= 15 is 0 Å². The fourth-order valence-corrected chi connectivity index (χ4v) is 5.00. The maximum atomic E-state index is 13.6. The highest BCUT2D eigenvalue weighted by Crippen LogP contribution is 2.36. The van der Waals surface area contributed by atoms with E-state index in [0.717, 1.165) is 19.3 Å². The zero-order chi connectivity index (χ0) is 18.8. The molecule has 0 aromatic carbocycles. The van der Waals surface area contributed by atoms with Crippen molar-refractivity contribution in [3.05, 3.63) is 30.2 Å². The molecule has 27 heavy (non-hydrogen) atoms. The van der Waals surface area contributed by atoms with E-state index < -0.39 is 0 Å². The molecule has 4 atom stereocenters. The summed E-state index contributed by atoms with van der Waals surface area (Å²) >= 11 is 0. The Morgan fingerprint density at radius 2 is 1.96 bits per heavy atom. The van der Waals surface area contributed by atoms with Gasteiger partial charge in [0.2, 0.25) is 5.76 Å². The number of carbonyl (C=O) groups is 1. The van der Waals surface area contributed by atoms with Crippen LogP contribution in [0.2, 0.25) is 0 Å². The third kappa shape index (κ3) is 3.83. The molecule has 2 saturated carbocycles. The predicted octanol–water partition coefficient (Wildman–Crippen LogP) is 5.53. The largest absolute Gasteiger partial charge is 0.461 e. The Labute approximate surface area is 161 Å². The molecule has 5 nitrogen and oxygen atoms in total. The zero-order valence-corrected chi connectivity index (χ0v) is 16.4. The highest BCUT2D eigenvalue weighted by Gasteiger charge is 2.38. The number of aromatic nitrogens is 1. The molecule has 2 heterocycles. The average Bonchev–Trinajstić information content (AvgIpc) is 3.35. The minimum atomic E-state index is 0.0226. The molecule has 0 spiro atoms. The molecule has 0 radical (unpaired) electrons. The molecule has 0 saturated heterocycles. The molecule has 146 valence electrons. The number of carbonyl (C=O) groups excluding carboxylic acids is 1. The van der Waals surface area contributed by atoms with E-state index in [4.69, 9.17) is 8.94 Å². The third-order valence-corrected chi connectivity index (χ3v) is 6.45. The van der Waals surface area contributed by atoms with Crippen LogP contribution in [0.4, 0.5) is 0 Å². The lowest BCUT2D eigenvalue weighted by molar-refractivity contribution is 0.0287. The molecule has 1 amide bonds. The van der Waals surface area contributed by atoms with E-state index in [9.17, 15) is 4.79 Å². The van der Waals surface area contributed by atoms with E-state index in [0.29, 0.717) is 41.1 Å². The van der Waals surface area contributed by atoms with Gasteiger partial charge < -0.3 is 13.8 Å². The summed E-state index contributed by atoms with van der Waals surface area (Å²) in [5.74, 6) is 2.35. The molecular weight excluding hydrogens is 340 g/mol. The lowest BCUT2D eigenvalue weighted by atomic mass is 9.80. The summed E-state index contributed by atoms with van der Waals surface area (Å²) in [4.78, 5) is 15.7. The molecule has 4 unspecified atom stereocenters. The highest BCUT2D eigenvalue weighted by atomic mass is 16.5. The topological polar surface area (TPSA) is 59.5 Å². The summed E-state index contributed by atoms with van der Waals surface area (Å²) in [5, 5.41) is 4.10. The first-order chi connectivity index (χ1) is 13.1. The molecular formula is C22H30N2O3. The van der Waals surface area contributed by atoms with Crippen LogP contribution in [0.25, 0.3) is 11.5 Å². The predicted molar refractivity (Wildman–Crippen MR) is 103 cm³/mol. The minimum Gasteiger partial charge on any atom is -0.461 e. The van der Waals surface area contributed by atoms with E-state index in [1.165, 1.54) is 32.1 Å². The van der Waals surface area contributed by atoms with Crippen LogP contribution in [0.15, 0.2) is 33.4 Å². The van der Waals surface area contributed by atoms with Gasteiger partial charge >= 0.3 is 0 Å². The Hall–Kier alpha value is -2.04. The van der Waals surface area contributed by atoms with Crippen LogP contribution in [0.3, 0.4) is 0 Å². The van der Waals surface area contributed by atoms with Crippen LogP contribution in [0.5, 0.6) is 0 Å². The summed E-state index contributed by atoms with van der Waals surface area (Å²) in [6.45, 7) is 4.61. The number of hydrogen-bond donors (Lipinski definition) is 0. The van der Waals surface area contributed by atoms with Gasteiger partial charge in [0, 0.05) is 18.2 Å². The lowest BCUT2D eigenvalue weighted by Gasteiger charge is -2.45. The number of rotatable bonds is 4. The fourth-order valence-electron chi connectivity index (χ4n) is 5.00. The average molecular weight is 370 g/mol. The van der Waals surface area contributed by atoms with Gasteiger partial charge in [-0.25, -0.2) is 0 Å². The standard InChI is InChI=1S/C22H30N2O3/c1-15-7-5-9-17(13-15)24(19-10-4-3-8-16(19)2)22(25)18-14-21(27-23-18)20-11-6-12-26-20/h6,11-12,14-17,19H,3-5,7-10,13H2,1-2H3. The Morgan fingerprint density at radius 1 is 1.11 bits per heavy atom. The van der Waals surface area contributed by atoms with Gasteiger partial charge in [0.1, 0.15) is 0 Å². The second kappa shape index (κ2) is 7.91. The number of hydrogen-bond acceptors (Lipinski definition) is 4. The molecule has 0 N–H and O–H groups in total. The Balaban J connectivity index is 1.62. The summed E-state index contributed by atoms with van der Waals surface area (Å²) in [7, 11) is 0. The highest BCUT2D eigenvalue weighted by molar-refractivity contribution is 5.93. The Kier molecular flexibility index (Phi) is 5.37. The van der Waals surface area contributed by atoms with Crippen LogP contribution in [-0.2, 0) is 0 Å². The van der Waals surface area contributed by atoms with Crippen molar-refractivity contribution in [2.45, 2.75) is 77.3 Å². The minimum absolute atomic E-state index is 0.0226. The molecule has 2 aromatic rings. The van der Waals surface area contributed by atoms with Crippen molar-refractivity contribution in [1.82, 2.24) is 10.1 Å². The maximum absolute atomic E-state index is 13.6. The van der Waals surface area contributed by atoms with Gasteiger partial charge in [0.05, 0.1) is 6.26 Å². The van der Waals surface area contributed by atoms with Crippen LogP contribution in [0, 0.1) is 11.8 Å². The second-order valence-corrected chi connectivity index (χ2v) is 8.52. The summed E-state index contributed by atoms with van der Waals surface area (Å²) in [6, 6.07) is 5.98. The van der Waals surface area contributed by atoms with Crippen molar-refractivity contribution in [1.29, 1.82) is 0 Å². The molecule has 0 aliphatic heterocycles. The Morgan fingerprint density at radius 3 is 2.70 bits per heavy atom. The fraction of sp³-hybridized carbons (Fsp3) is 0.636. The molecule has 0 bridgehead atoms. The molecule has 5 heteroatoms. The number of nitrogens with zero attached hydrogens (tertiary/aromatic N) is 2. The zero-order valence-electron chi connectivity index (χ0n) is 16.4. The SMILES string of the molecule is CC1CCCC(N(C(=O)c2cc(-c3ccco3)on2)C2CCCCC2C)C1. The van der Waals surface area contributed by atoms with Gasteiger partial charge in [-0.15, -0.1) is 0 Å². The third-order valence-electron chi connectivity index (χ3n) is 6.45. The summed E-state index contributed by atoms with van der Waals surface area (Å²) < 4.78 is 10.8. The van der Waals surface area contributed by atoms with E-state index in [-0.39, 0.29) is 5.91 Å². The molecule has 2 aliphatic carbocycles. The molecule has 2 aliphatic rings. The van der Waals surface area contributed by atoms with Crippen molar-refractivity contribution in [3.8, 4) is 11.5 Å². The van der Waals surface area contributed by atoms with Gasteiger partial charge in [-0.2, -0.15) is 0 Å². The Bertz CT molecular complexity index is 751. The first-order valence-corrected chi connectivity index (χ1v) is 10.5. The van der Waals surface area contributed by atoms with E-state index in [1.807, 2.05) is 6.07 Å². The molecule has 4 rings (SSSR count). The van der Waals surface area contributed by atoms with Gasteiger partial charge in [-0.3, -0.25) is 4.79 Å². The summed E-state index contributed by atoms with van der Waals surface area (Å²) in [5.41, 5.74) is 0.400. The van der Waals surface area contributed by atoms with Crippen LogP contribution in [0.1, 0.15) is 75.7 Å². The quantitative estimate of drug-likeness (QED) is 0.709. The maximum Gasteiger partial charge on any atom is 0.276 e. The van der Waals surface area contributed by atoms with Crippen LogP contribution in [-0.4, -0.2) is 28.0 Å². The summed E-state index contributed by atoms with van der Waals surface area (Å²) in [6.07, 6.45) is 11.0. The van der Waals surface area contributed by atoms with Crippen LogP contribution < -0.4 is 0 Å². The second-order valence-electron chi connectivity index (χ2n) is 8.52. The number of furan rings is 1. The first kappa shape index (κ1) is 18.3. The molecule has 2 aromatic heterocycles. The van der Waals surface area contributed by atoms with Crippen molar-refractivity contribution < 1.29 is 13.7 Å². The first-order valence-electron chi connectivity index (χ1n) is 10.5. The number of amides is 1. The van der Waals surface area contributed by atoms with Gasteiger partial charge in [0.15, 0.2) is 11.5 Å². The van der Waals surface area contributed by atoms with Crippen LogP contribution >= 0.6 is 0 Å². The van der Waals surface area contributed by atoms with Crippen molar-refractivity contribution in [3.63, 3.8) is 0 Å². The van der Waals surface area contributed by atoms with E-state index in [1.54, 1.807) is 18.4 Å². The van der Waals surface area contributed by atoms with Crippen molar-refractivity contribution in [2.24, 2.45) is 11.8 Å². The smallest absolute Gasteiger partial charge is 0.276 e. The van der Waals surface area contributed by atoms with Crippen molar-refractivity contribution in [2.75, 3.05) is 0 Å². The normalized spacial score (nSPS) is 28.8. The van der Waals surface area contributed by atoms with Gasteiger partial charge in [-0.1, -0.05) is 44.7 Å². The van der Waals surface area contributed by atoms with E-state index in [2.05, 4.69) is 23.9 Å². The van der Waals surface area contributed by atoms with Gasteiger partial charge in [0.25, 0.3) is 5.91 Å². The monoisotopic (exact) mass is 370 g/mol. The lowest BCUT2D eigenvalue weighted by Crippen LogP contribution is -2.52. The van der Waals surface area contributed by atoms with Gasteiger partial charge in [-0.05, 0) is 49.7 Å². The molecule has 2 fully saturated rings.